The molecule has 1 aromatic heterocycles. The van der Waals surface area contributed by atoms with Gasteiger partial charge in [-0.3, -0.25) is 15.1 Å². The van der Waals surface area contributed by atoms with Gasteiger partial charge in [0, 0.05) is 5.75 Å². The Balaban J connectivity index is 1.99. The van der Waals surface area contributed by atoms with Crippen LogP contribution in [0.5, 0.6) is 0 Å². The van der Waals surface area contributed by atoms with Gasteiger partial charge in [-0.1, -0.05) is 60.6 Å². The highest BCUT2D eigenvalue weighted by Gasteiger charge is 2.14. The number of nitrogens with zero attached hydrogens (tertiary/aromatic N) is 1. The number of aromatic nitrogens is 2. The molecule has 8 heteroatoms. The van der Waals surface area contributed by atoms with Crippen LogP contribution < -0.4 is 10.9 Å². The number of carbonyl (C=O) groups is 1. The third-order valence-corrected chi connectivity index (χ3v) is 4.09. The molecular formula is C15H16ClN3O3S. The fourth-order valence-electron chi connectivity index (χ4n) is 1.66. The Morgan fingerprint density at radius 2 is 2.13 bits per heavy atom. The summed E-state index contributed by atoms with van der Waals surface area (Å²) in [5, 5.41) is 2.68. The lowest BCUT2D eigenvalue weighted by atomic mass is 10.2. The fourth-order valence-corrected chi connectivity index (χ4v) is 2.65. The molecule has 0 fully saturated rings. The number of rotatable bonds is 6. The molecule has 0 bridgehead atoms. The van der Waals surface area contributed by atoms with Crippen molar-refractivity contribution in [2.75, 3.05) is 11.1 Å². The van der Waals surface area contributed by atoms with Gasteiger partial charge in [0.15, 0.2) is 10.3 Å². The lowest BCUT2D eigenvalue weighted by Gasteiger charge is -2.08. The molecule has 0 radical (unpaired) electrons. The quantitative estimate of drug-likeness (QED) is 0.470. The van der Waals surface area contributed by atoms with Crippen molar-refractivity contribution in [2.24, 2.45) is 0 Å². The van der Waals surface area contributed by atoms with Crippen LogP contribution >= 0.6 is 23.4 Å². The molecule has 1 heterocycles. The Labute approximate surface area is 142 Å². The molecule has 0 aliphatic carbocycles. The highest BCUT2D eigenvalue weighted by Crippen LogP contribution is 2.19. The summed E-state index contributed by atoms with van der Waals surface area (Å²) in [6, 6.07) is 9.21. The Hall–Kier alpha value is -1.99. The molecule has 0 aliphatic rings. The van der Waals surface area contributed by atoms with E-state index in [9.17, 15) is 9.59 Å². The van der Waals surface area contributed by atoms with Crippen molar-refractivity contribution in [1.82, 2.24) is 9.97 Å². The molecule has 0 atom stereocenters. The van der Waals surface area contributed by atoms with Crippen LogP contribution in [0.1, 0.15) is 18.9 Å². The van der Waals surface area contributed by atoms with Crippen LogP contribution in [0.15, 0.2) is 40.3 Å². The first-order chi connectivity index (χ1) is 11.1. The maximum atomic E-state index is 12.0. The number of aromatic amines is 1. The lowest BCUT2D eigenvalue weighted by molar-refractivity contribution is 0.155. The van der Waals surface area contributed by atoms with Crippen LogP contribution in [-0.4, -0.2) is 21.8 Å². The number of nitrogens with one attached hydrogen (secondary N) is 2. The average Bonchev–Trinajstić information content (AvgIpc) is 2.55. The SMILES string of the molecule is CCCSc1nc(Cl)c(NC(=O)OCc2ccccc2)c(=O)[nH]1. The molecule has 2 N–H and O–H groups in total. The molecule has 0 saturated carbocycles. The maximum absolute atomic E-state index is 12.0. The van der Waals surface area contributed by atoms with Gasteiger partial charge < -0.3 is 4.74 Å². The zero-order valence-corrected chi connectivity index (χ0v) is 14.0. The van der Waals surface area contributed by atoms with Crippen molar-refractivity contribution in [2.45, 2.75) is 25.1 Å². The number of amides is 1. The second-order valence-electron chi connectivity index (χ2n) is 4.57. The number of anilines is 1. The molecule has 1 amide bonds. The van der Waals surface area contributed by atoms with E-state index in [0.717, 1.165) is 17.7 Å². The third kappa shape index (κ3) is 5.30. The van der Waals surface area contributed by atoms with E-state index in [1.807, 2.05) is 37.3 Å². The first-order valence-electron chi connectivity index (χ1n) is 7.00. The largest absolute Gasteiger partial charge is 0.444 e. The van der Waals surface area contributed by atoms with E-state index in [2.05, 4.69) is 15.3 Å². The first-order valence-corrected chi connectivity index (χ1v) is 8.36. The second kappa shape index (κ2) is 8.59. The van der Waals surface area contributed by atoms with Crippen LogP contribution in [0.3, 0.4) is 0 Å². The van der Waals surface area contributed by atoms with Crippen molar-refractivity contribution in [3.05, 3.63) is 51.4 Å². The zero-order chi connectivity index (χ0) is 16.7. The lowest BCUT2D eigenvalue weighted by Crippen LogP contribution is -2.22. The number of halogens is 1. The van der Waals surface area contributed by atoms with Crippen molar-refractivity contribution < 1.29 is 9.53 Å². The van der Waals surface area contributed by atoms with Crippen molar-refractivity contribution >= 4 is 35.1 Å². The highest BCUT2D eigenvalue weighted by atomic mass is 35.5. The number of H-pyrrole nitrogens is 1. The van der Waals surface area contributed by atoms with Crippen LogP contribution in [0.2, 0.25) is 5.15 Å². The van der Waals surface area contributed by atoms with Gasteiger partial charge in [0.2, 0.25) is 0 Å². The molecule has 6 nitrogen and oxygen atoms in total. The number of hydrogen-bond donors (Lipinski definition) is 2. The highest BCUT2D eigenvalue weighted by molar-refractivity contribution is 7.99. The molecule has 122 valence electrons. The van der Waals surface area contributed by atoms with Gasteiger partial charge >= 0.3 is 6.09 Å². The molecule has 23 heavy (non-hydrogen) atoms. The Kier molecular flexibility index (Phi) is 6.49. The smallest absolute Gasteiger partial charge is 0.412 e. The van der Waals surface area contributed by atoms with E-state index in [1.165, 1.54) is 11.8 Å². The number of thioether (sulfide) groups is 1. The molecule has 0 spiro atoms. The monoisotopic (exact) mass is 353 g/mol. The van der Waals surface area contributed by atoms with Gasteiger partial charge in [0.05, 0.1) is 0 Å². The molecule has 0 saturated heterocycles. The summed E-state index contributed by atoms with van der Waals surface area (Å²) >= 11 is 7.35. The standard InChI is InChI=1S/C15H16ClN3O3S/c1-2-8-23-14-18-12(16)11(13(20)19-14)17-15(21)22-9-10-6-4-3-5-7-10/h3-7H,2,8-9H2,1H3,(H,17,21)(H,18,19,20). The Bertz CT molecular complexity index is 722. The van der Waals surface area contributed by atoms with Crippen LogP contribution in [-0.2, 0) is 11.3 Å². The van der Waals surface area contributed by atoms with Gasteiger partial charge in [-0.05, 0) is 12.0 Å². The predicted molar refractivity (Wildman–Crippen MR) is 91.1 cm³/mol. The summed E-state index contributed by atoms with van der Waals surface area (Å²) in [5.74, 6) is 0.811. The summed E-state index contributed by atoms with van der Waals surface area (Å²) < 4.78 is 5.04. The minimum absolute atomic E-state index is 0.0657. The van der Waals surface area contributed by atoms with E-state index in [0.29, 0.717) is 5.16 Å². The van der Waals surface area contributed by atoms with Crippen LogP contribution in [0.4, 0.5) is 10.5 Å². The van der Waals surface area contributed by atoms with E-state index >= 15 is 0 Å². The van der Waals surface area contributed by atoms with E-state index in [4.69, 9.17) is 16.3 Å². The second-order valence-corrected chi connectivity index (χ2v) is 6.01. The summed E-state index contributed by atoms with van der Waals surface area (Å²) in [4.78, 5) is 30.4. The predicted octanol–water partition coefficient (Wildman–Crippen LogP) is 3.67. The van der Waals surface area contributed by atoms with Crippen LogP contribution in [0.25, 0.3) is 0 Å². The molecule has 1 aromatic carbocycles. The van der Waals surface area contributed by atoms with Crippen molar-refractivity contribution in [1.29, 1.82) is 0 Å². The number of ether oxygens (including phenoxy) is 1. The topological polar surface area (TPSA) is 84.1 Å². The fraction of sp³-hybridized carbons (Fsp3) is 0.267. The zero-order valence-electron chi connectivity index (χ0n) is 12.5. The first kappa shape index (κ1) is 17.4. The van der Waals surface area contributed by atoms with Crippen molar-refractivity contribution in [3.63, 3.8) is 0 Å². The molecule has 2 aromatic rings. The van der Waals surface area contributed by atoms with E-state index in [1.54, 1.807) is 0 Å². The minimum atomic E-state index is -0.767. The molecular weight excluding hydrogens is 338 g/mol. The number of carbonyl (C=O) groups excluding carboxylic acids is 1. The van der Waals surface area contributed by atoms with Crippen molar-refractivity contribution in [3.8, 4) is 0 Å². The number of hydrogen-bond acceptors (Lipinski definition) is 5. The van der Waals surface area contributed by atoms with E-state index < -0.39 is 11.7 Å². The summed E-state index contributed by atoms with van der Waals surface area (Å²) in [5.41, 5.74) is 0.206. The molecule has 2 rings (SSSR count). The average molecular weight is 354 g/mol. The molecule has 0 aliphatic heterocycles. The normalized spacial score (nSPS) is 10.3. The van der Waals surface area contributed by atoms with E-state index in [-0.39, 0.29) is 17.4 Å². The van der Waals surface area contributed by atoms with Crippen LogP contribution in [0, 0.1) is 0 Å². The third-order valence-electron chi connectivity index (χ3n) is 2.74. The number of benzene rings is 1. The Morgan fingerprint density at radius 3 is 2.78 bits per heavy atom. The van der Waals surface area contributed by atoms with Gasteiger partial charge in [0.25, 0.3) is 5.56 Å². The minimum Gasteiger partial charge on any atom is -0.444 e. The van der Waals surface area contributed by atoms with Gasteiger partial charge in [-0.25, -0.2) is 9.78 Å². The van der Waals surface area contributed by atoms with Gasteiger partial charge in [0.1, 0.15) is 12.3 Å². The summed E-state index contributed by atoms with van der Waals surface area (Å²) in [7, 11) is 0. The maximum Gasteiger partial charge on any atom is 0.412 e. The summed E-state index contributed by atoms with van der Waals surface area (Å²) in [6.45, 7) is 2.12. The van der Waals surface area contributed by atoms with Gasteiger partial charge in [-0.2, -0.15) is 0 Å². The molecule has 0 unspecified atom stereocenters. The Morgan fingerprint density at radius 1 is 1.39 bits per heavy atom. The summed E-state index contributed by atoms with van der Waals surface area (Å²) in [6.07, 6.45) is 0.176. The van der Waals surface area contributed by atoms with Gasteiger partial charge in [-0.15, -0.1) is 0 Å².